The maximum Gasteiger partial charge on any atom is 0.0930 e. The molecule has 1 aliphatic carbocycles. The largest absolute Gasteiger partial charge is 0.385 e. The molecule has 0 fully saturated rings. The molecule has 2 unspecified atom stereocenters. The van der Waals surface area contributed by atoms with Gasteiger partial charge in [0.15, 0.2) is 0 Å². The normalized spacial score (nSPS) is 31.8. The fraction of sp³-hybridized carbons (Fsp3) is 0.375. The molecule has 1 aromatic rings. The Labute approximate surface area is 103 Å². The Morgan fingerprint density at radius 3 is 2.29 bits per heavy atom. The van der Waals surface area contributed by atoms with Crippen LogP contribution in [0.4, 0.5) is 0 Å². The van der Waals surface area contributed by atoms with Crippen molar-refractivity contribution in [2.45, 2.75) is 38.7 Å². The van der Waals surface area contributed by atoms with Gasteiger partial charge < -0.3 is 5.11 Å². The molecule has 0 amide bonds. The van der Waals surface area contributed by atoms with Crippen LogP contribution < -0.4 is 0 Å². The Bertz CT molecular complexity index is 494. The smallest absolute Gasteiger partial charge is 0.0930 e. The molecule has 0 spiro atoms. The quantitative estimate of drug-likeness (QED) is 0.780. The molecule has 0 saturated heterocycles. The lowest BCUT2D eigenvalue weighted by atomic mass is 9.66. The van der Waals surface area contributed by atoms with Gasteiger partial charge in [0.1, 0.15) is 0 Å². The van der Waals surface area contributed by atoms with E-state index in [4.69, 9.17) is 0 Å². The van der Waals surface area contributed by atoms with Crippen LogP contribution in [0, 0.1) is 13.8 Å². The first-order valence-corrected chi connectivity index (χ1v) is 6.04. The highest BCUT2D eigenvalue weighted by molar-refractivity contribution is 5.47. The second-order valence-corrected chi connectivity index (χ2v) is 5.32. The SMILES string of the molecule is Cc1cccc(C2(C)C=CC=CC2(C)O)c1C. The van der Waals surface area contributed by atoms with Crippen molar-refractivity contribution in [3.63, 3.8) is 0 Å². The van der Waals surface area contributed by atoms with Gasteiger partial charge in [0.25, 0.3) is 0 Å². The first-order valence-electron chi connectivity index (χ1n) is 6.04. The summed E-state index contributed by atoms with van der Waals surface area (Å²) >= 11 is 0. The molecule has 1 heteroatoms. The number of hydrogen-bond donors (Lipinski definition) is 1. The molecule has 0 saturated carbocycles. The lowest BCUT2D eigenvalue weighted by Crippen LogP contribution is -2.46. The number of rotatable bonds is 1. The first kappa shape index (κ1) is 12.1. The van der Waals surface area contributed by atoms with E-state index in [1.54, 1.807) is 0 Å². The molecule has 0 radical (unpaired) electrons. The van der Waals surface area contributed by atoms with Crippen molar-refractivity contribution in [3.05, 3.63) is 59.2 Å². The Kier molecular flexibility index (Phi) is 2.75. The lowest BCUT2D eigenvalue weighted by Gasteiger charge is -2.42. The molecule has 17 heavy (non-hydrogen) atoms. The molecule has 0 bridgehead atoms. The molecule has 1 aromatic carbocycles. The Balaban J connectivity index is 2.63. The number of hydrogen-bond acceptors (Lipinski definition) is 1. The topological polar surface area (TPSA) is 20.2 Å². The van der Waals surface area contributed by atoms with Gasteiger partial charge in [-0.25, -0.2) is 0 Å². The Morgan fingerprint density at radius 2 is 1.65 bits per heavy atom. The number of aliphatic hydroxyl groups is 1. The van der Waals surface area contributed by atoms with E-state index in [2.05, 4.69) is 45.0 Å². The minimum atomic E-state index is -0.847. The molecule has 1 nitrogen and oxygen atoms in total. The number of aryl methyl sites for hydroxylation is 1. The summed E-state index contributed by atoms with van der Waals surface area (Å²) < 4.78 is 0. The maximum atomic E-state index is 10.6. The standard InChI is InChI=1S/C16H20O/c1-12-8-7-9-14(13(12)2)15(3)10-5-6-11-16(15,4)17/h5-11,17H,1-4H3. The summed E-state index contributed by atoms with van der Waals surface area (Å²) in [5.74, 6) is 0. The van der Waals surface area contributed by atoms with E-state index in [0.29, 0.717) is 0 Å². The average Bonchev–Trinajstić information content (AvgIpc) is 2.26. The predicted octanol–water partition coefficient (Wildman–Crippen LogP) is 3.44. The van der Waals surface area contributed by atoms with Gasteiger partial charge in [0.2, 0.25) is 0 Å². The second-order valence-electron chi connectivity index (χ2n) is 5.32. The van der Waals surface area contributed by atoms with Crippen LogP contribution in [0.2, 0.25) is 0 Å². The second kappa shape index (κ2) is 3.85. The highest BCUT2D eigenvalue weighted by Crippen LogP contribution is 2.41. The van der Waals surface area contributed by atoms with Crippen LogP contribution in [0.3, 0.4) is 0 Å². The highest BCUT2D eigenvalue weighted by Gasteiger charge is 2.42. The van der Waals surface area contributed by atoms with Gasteiger partial charge in [-0.3, -0.25) is 0 Å². The maximum absolute atomic E-state index is 10.6. The van der Waals surface area contributed by atoms with Crippen molar-refractivity contribution in [1.82, 2.24) is 0 Å². The van der Waals surface area contributed by atoms with E-state index in [-0.39, 0.29) is 5.41 Å². The van der Waals surface area contributed by atoms with Crippen molar-refractivity contribution in [3.8, 4) is 0 Å². The summed E-state index contributed by atoms with van der Waals surface area (Å²) in [5.41, 5.74) is 2.51. The summed E-state index contributed by atoms with van der Waals surface area (Å²) in [4.78, 5) is 0. The van der Waals surface area contributed by atoms with Crippen LogP contribution in [0.15, 0.2) is 42.5 Å². The Hall–Kier alpha value is -1.34. The fourth-order valence-electron chi connectivity index (χ4n) is 2.51. The third-order valence-corrected chi connectivity index (χ3v) is 4.18. The van der Waals surface area contributed by atoms with Crippen LogP contribution in [0.25, 0.3) is 0 Å². The molecule has 1 N–H and O–H groups in total. The molecular weight excluding hydrogens is 208 g/mol. The summed E-state index contributed by atoms with van der Waals surface area (Å²) in [5, 5.41) is 10.6. The minimum absolute atomic E-state index is 0.363. The molecule has 0 heterocycles. The number of allylic oxidation sites excluding steroid dienone is 2. The summed E-state index contributed by atoms with van der Waals surface area (Å²) in [7, 11) is 0. The van der Waals surface area contributed by atoms with Gasteiger partial charge in [0, 0.05) is 5.41 Å². The third-order valence-electron chi connectivity index (χ3n) is 4.18. The monoisotopic (exact) mass is 228 g/mol. The van der Waals surface area contributed by atoms with Gasteiger partial charge in [-0.15, -0.1) is 0 Å². The van der Waals surface area contributed by atoms with Gasteiger partial charge in [0.05, 0.1) is 5.60 Å². The molecule has 2 rings (SSSR count). The van der Waals surface area contributed by atoms with Gasteiger partial charge in [-0.2, -0.15) is 0 Å². The van der Waals surface area contributed by atoms with E-state index in [9.17, 15) is 5.11 Å². The average molecular weight is 228 g/mol. The highest BCUT2D eigenvalue weighted by atomic mass is 16.3. The van der Waals surface area contributed by atoms with E-state index in [0.717, 1.165) is 0 Å². The minimum Gasteiger partial charge on any atom is -0.385 e. The van der Waals surface area contributed by atoms with E-state index >= 15 is 0 Å². The van der Waals surface area contributed by atoms with Crippen LogP contribution in [-0.2, 0) is 5.41 Å². The third kappa shape index (κ3) is 1.75. The van der Waals surface area contributed by atoms with Gasteiger partial charge >= 0.3 is 0 Å². The van der Waals surface area contributed by atoms with Crippen molar-refractivity contribution < 1.29 is 5.11 Å². The van der Waals surface area contributed by atoms with Crippen LogP contribution in [-0.4, -0.2) is 10.7 Å². The van der Waals surface area contributed by atoms with Crippen LogP contribution in [0.5, 0.6) is 0 Å². The van der Waals surface area contributed by atoms with E-state index < -0.39 is 5.60 Å². The number of benzene rings is 1. The molecule has 0 aliphatic heterocycles. The summed E-state index contributed by atoms with van der Waals surface area (Å²) in [6.45, 7) is 8.20. The van der Waals surface area contributed by atoms with Gasteiger partial charge in [-0.1, -0.05) is 42.5 Å². The van der Waals surface area contributed by atoms with Crippen LogP contribution >= 0.6 is 0 Å². The van der Waals surface area contributed by atoms with Crippen molar-refractivity contribution in [2.24, 2.45) is 0 Å². The van der Waals surface area contributed by atoms with Crippen molar-refractivity contribution in [2.75, 3.05) is 0 Å². The zero-order valence-corrected chi connectivity index (χ0v) is 11.0. The molecule has 90 valence electrons. The first-order chi connectivity index (χ1) is 7.88. The zero-order chi connectivity index (χ0) is 12.7. The van der Waals surface area contributed by atoms with Crippen LogP contribution in [0.1, 0.15) is 30.5 Å². The van der Waals surface area contributed by atoms with Crippen molar-refractivity contribution >= 4 is 0 Å². The summed E-state index contributed by atoms with van der Waals surface area (Å²) in [6, 6.07) is 6.28. The molecule has 1 aliphatic rings. The van der Waals surface area contributed by atoms with Crippen molar-refractivity contribution in [1.29, 1.82) is 0 Å². The molecule has 2 atom stereocenters. The molecule has 0 aromatic heterocycles. The van der Waals surface area contributed by atoms with Gasteiger partial charge in [-0.05, 0) is 44.4 Å². The van der Waals surface area contributed by atoms with E-state index in [1.165, 1.54) is 16.7 Å². The Morgan fingerprint density at radius 1 is 1.00 bits per heavy atom. The fourth-order valence-corrected chi connectivity index (χ4v) is 2.51. The lowest BCUT2D eigenvalue weighted by molar-refractivity contribution is 0.0507. The summed E-state index contributed by atoms with van der Waals surface area (Å²) in [6.07, 6.45) is 7.89. The predicted molar refractivity (Wildman–Crippen MR) is 72.2 cm³/mol. The van der Waals surface area contributed by atoms with E-state index in [1.807, 2.05) is 25.2 Å². The zero-order valence-electron chi connectivity index (χ0n) is 11.0. The molecular formula is C16H20O.